The second-order valence-electron chi connectivity index (χ2n) is 4.50. The smallest absolute Gasteiger partial charge is 0.249 e. The summed E-state index contributed by atoms with van der Waals surface area (Å²) in [7, 11) is 3.40. The third kappa shape index (κ3) is 2.06. The van der Waals surface area contributed by atoms with Gasteiger partial charge in [-0.2, -0.15) is 0 Å². The van der Waals surface area contributed by atoms with E-state index >= 15 is 0 Å². The number of fused-ring (bicyclic) bond motifs is 1. The molecule has 0 bridgehead atoms. The molecular weight excluding hydrogens is 260 g/mol. The lowest BCUT2D eigenvalue weighted by Crippen LogP contribution is -2.40. The zero-order chi connectivity index (χ0) is 13.3. The predicted molar refractivity (Wildman–Crippen MR) is 74.4 cm³/mol. The maximum atomic E-state index is 6.15. The van der Waals surface area contributed by atoms with E-state index in [0.29, 0.717) is 6.42 Å². The molecule has 0 radical (unpaired) electrons. The van der Waals surface area contributed by atoms with Gasteiger partial charge in [0.15, 0.2) is 0 Å². The normalized spacial score (nSPS) is 25.7. The van der Waals surface area contributed by atoms with Gasteiger partial charge in [-0.05, 0) is 17.5 Å². The minimum atomic E-state index is -0.747. The SMILES string of the molecule is COC1CC(OC)(c2cccs2)Oc2ccccc21. The molecule has 0 amide bonds. The van der Waals surface area contributed by atoms with Crippen LogP contribution in [0.2, 0.25) is 0 Å². The maximum absolute atomic E-state index is 6.15. The minimum Gasteiger partial charge on any atom is -0.457 e. The van der Waals surface area contributed by atoms with Crippen LogP contribution in [0.1, 0.15) is 23.0 Å². The molecule has 4 heteroatoms. The van der Waals surface area contributed by atoms with E-state index in [0.717, 1.165) is 16.2 Å². The Kier molecular flexibility index (Phi) is 3.31. The van der Waals surface area contributed by atoms with Gasteiger partial charge in [-0.3, -0.25) is 0 Å². The van der Waals surface area contributed by atoms with Crippen molar-refractivity contribution < 1.29 is 14.2 Å². The van der Waals surface area contributed by atoms with E-state index in [2.05, 4.69) is 0 Å². The van der Waals surface area contributed by atoms with Gasteiger partial charge in [0.2, 0.25) is 5.79 Å². The van der Waals surface area contributed by atoms with Crippen LogP contribution in [0.4, 0.5) is 0 Å². The van der Waals surface area contributed by atoms with Crippen molar-refractivity contribution in [1.29, 1.82) is 0 Å². The molecule has 3 nitrogen and oxygen atoms in total. The highest BCUT2D eigenvalue weighted by Gasteiger charge is 2.43. The first-order chi connectivity index (χ1) is 9.29. The molecule has 2 aromatic rings. The van der Waals surface area contributed by atoms with Crippen molar-refractivity contribution in [3.63, 3.8) is 0 Å². The zero-order valence-electron chi connectivity index (χ0n) is 11.0. The average molecular weight is 276 g/mol. The molecule has 0 aliphatic carbocycles. The summed E-state index contributed by atoms with van der Waals surface area (Å²) in [5.74, 6) is 0.0827. The number of hydrogen-bond acceptors (Lipinski definition) is 4. The number of ether oxygens (including phenoxy) is 3. The van der Waals surface area contributed by atoms with Gasteiger partial charge in [-0.15, -0.1) is 11.3 Å². The first kappa shape index (κ1) is 12.7. The molecule has 0 N–H and O–H groups in total. The molecule has 1 aliphatic heterocycles. The van der Waals surface area contributed by atoms with Crippen LogP contribution in [0.3, 0.4) is 0 Å². The number of rotatable bonds is 3. The van der Waals surface area contributed by atoms with Crippen LogP contribution in [0, 0.1) is 0 Å². The Morgan fingerprint density at radius 1 is 1.21 bits per heavy atom. The quantitative estimate of drug-likeness (QED) is 0.855. The Hall–Kier alpha value is -1.36. The number of benzene rings is 1. The summed E-state index contributed by atoms with van der Waals surface area (Å²) < 4.78 is 17.5. The van der Waals surface area contributed by atoms with Crippen LogP contribution in [0.5, 0.6) is 5.75 Å². The Balaban J connectivity index is 2.07. The van der Waals surface area contributed by atoms with Crippen molar-refractivity contribution in [2.75, 3.05) is 14.2 Å². The van der Waals surface area contributed by atoms with Crippen LogP contribution in [-0.4, -0.2) is 14.2 Å². The van der Waals surface area contributed by atoms with E-state index in [1.54, 1.807) is 25.6 Å². The highest BCUT2D eigenvalue weighted by atomic mass is 32.1. The average Bonchev–Trinajstić information content (AvgIpc) is 3.00. The highest BCUT2D eigenvalue weighted by molar-refractivity contribution is 7.10. The predicted octanol–water partition coefficient (Wildman–Crippen LogP) is 3.72. The number of hydrogen-bond donors (Lipinski definition) is 0. The summed E-state index contributed by atoms with van der Waals surface area (Å²) in [6, 6.07) is 12.0. The minimum absolute atomic E-state index is 0.0213. The summed E-state index contributed by atoms with van der Waals surface area (Å²) in [4.78, 5) is 1.06. The molecule has 0 spiro atoms. The van der Waals surface area contributed by atoms with Gasteiger partial charge in [0.05, 0.1) is 11.0 Å². The van der Waals surface area contributed by atoms with Crippen molar-refractivity contribution in [2.45, 2.75) is 18.3 Å². The molecule has 19 heavy (non-hydrogen) atoms. The van der Waals surface area contributed by atoms with Crippen molar-refractivity contribution in [3.05, 3.63) is 52.2 Å². The van der Waals surface area contributed by atoms with E-state index in [-0.39, 0.29) is 6.10 Å². The van der Waals surface area contributed by atoms with Crippen LogP contribution in [0.25, 0.3) is 0 Å². The van der Waals surface area contributed by atoms with Crippen molar-refractivity contribution >= 4 is 11.3 Å². The summed E-state index contributed by atoms with van der Waals surface area (Å²) in [6.07, 6.45) is 0.629. The first-order valence-electron chi connectivity index (χ1n) is 6.19. The van der Waals surface area contributed by atoms with Crippen molar-refractivity contribution in [1.82, 2.24) is 0 Å². The topological polar surface area (TPSA) is 27.7 Å². The van der Waals surface area contributed by atoms with Gasteiger partial charge < -0.3 is 14.2 Å². The van der Waals surface area contributed by atoms with Gasteiger partial charge in [-0.25, -0.2) is 0 Å². The van der Waals surface area contributed by atoms with Gasteiger partial charge in [0, 0.05) is 26.2 Å². The van der Waals surface area contributed by atoms with Crippen molar-refractivity contribution in [3.8, 4) is 5.75 Å². The van der Waals surface area contributed by atoms with Crippen molar-refractivity contribution in [2.24, 2.45) is 0 Å². The number of thiophene rings is 1. The fraction of sp³-hybridized carbons (Fsp3) is 0.333. The Morgan fingerprint density at radius 3 is 2.74 bits per heavy atom. The van der Waals surface area contributed by atoms with Gasteiger partial charge in [-0.1, -0.05) is 24.3 Å². The first-order valence-corrected chi connectivity index (χ1v) is 7.07. The number of para-hydroxylation sites is 1. The van der Waals surface area contributed by atoms with Crippen LogP contribution < -0.4 is 4.74 Å². The van der Waals surface area contributed by atoms with Crippen LogP contribution in [-0.2, 0) is 15.3 Å². The molecule has 0 fully saturated rings. The Labute approximate surface area is 116 Å². The van der Waals surface area contributed by atoms with E-state index in [9.17, 15) is 0 Å². The third-order valence-corrected chi connectivity index (χ3v) is 4.50. The number of methoxy groups -OCH3 is 2. The molecular formula is C15H16O3S. The zero-order valence-corrected chi connectivity index (χ0v) is 11.8. The molecule has 1 aliphatic rings. The second-order valence-corrected chi connectivity index (χ2v) is 5.45. The van der Waals surface area contributed by atoms with E-state index in [1.807, 2.05) is 41.8 Å². The van der Waals surface area contributed by atoms with E-state index in [1.165, 1.54) is 0 Å². The maximum Gasteiger partial charge on any atom is 0.249 e. The summed E-state index contributed by atoms with van der Waals surface area (Å²) in [6.45, 7) is 0. The standard InChI is InChI=1S/C15H16O3S/c1-16-13-10-15(17-2,14-8-5-9-19-14)18-12-7-4-3-6-11(12)13/h3-9,13H,10H2,1-2H3. The summed E-state index contributed by atoms with van der Waals surface area (Å²) >= 11 is 1.63. The van der Waals surface area contributed by atoms with Crippen LogP contribution >= 0.6 is 11.3 Å². The summed E-state index contributed by atoms with van der Waals surface area (Å²) in [5, 5.41) is 2.03. The lowest BCUT2D eigenvalue weighted by molar-refractivity contribution is -0.203. The molecule has 2 heterocycles. The monoisotopic (exact) mass is 276 g/mol. The molecule has 2 unspecified atom stereocenters. The molecule has 1 aromatic heterocycles. The van der Waals surface area contributed by atoms with Gasteiger partial charge in [0.25, 0.3) is 0 Å². The fourth-order valence-corrected chi connectivity index (χ4v) is 3.34. The fourth-order valence-electron chi connectivity index (χ4n) is 2.49. The Morgan fingerprint density at radius 2 is 2.05 bits per heavy atom. The van der Waals surface area contributed by atoms with Gasteiger partial charge in [0.1, 0.15) is 5.75 Å². The molecule has 3 rings (SSSR count). The van der Waals surface area contributed by atoms with E-state index < -0.39 is 5.79 Å². The lowest BCUT2D eigenvalue weighted by Gasteiger charge is -2.39. The van der Waals surface area contributed by atoms with Crippen LogP contribution in [0.15, 0.2) is 41.8 Å². The molecule has 0 saturated carbocycles. The Bertz CT molecular complexity index is 552. The molecule has 0 saturated heterocycles. The lowest BCUT2D eigenvalue weighted by atomic mass is 9.95. The molecule has 1 aromatic carbocycles. The third-order valence-electron chi connectivity index (χ3n) is 3.51. The highest BCUT2D eigenvalue weighted by Crippen LogP contribution is 2.47. The van der Waals surface area contributed by atoms with Gasteiger partial charge >= 0.3 is 0 Å². The summed E-state index contributed by atoms with van der Waals surface area (Å²) in [5.41, 5.74) is 1.08. The molecule has 100 valence electrons. The van der Waals surface area contributed by atoms with E-state index in [4.69, 9.17) is 14.2 Å². The largest absolute Gasteiger partial charge is 0.457 e. The molecule has 2 atom stereocenters. The second kappa shape index (κ2) is 4.96.